The minimum absolute atomic E-state index is 0.682. The topological polar surface area (TPSA) is 29.3 Å². The molecule has 2 aromatic rings. The molecule has 0 unspecified atom stereocenters. The lowest BCUT2D eigenvalue weighted by molar-refractivity contribution is 0.891. The Labute approximate surface area is 129 Å². The maximum atomic E-state index is 5.73. The molecule has 0 aliphatic carbocycles. The highest BCUT2D eigenvalue weighted by Gasteiger charge is 2.08. The lowest BCUT2D eigenvalue weighted by atomic mass is 10.0. The Morgan fingerprint density at radius 3 is 2.65 bits per heavy atom. The van der Waals surface area contributed by atoms with E-state index < -0.39 is 0 Å². The highest BCUT2D eigenvalue weighted by molar-refractivity contribution is 9.10. The second kappa shape index (κ2) is 6.91. The summed E-state index contributed by atoms with van der Waals surface area (Å²) >= 11 is 3.52. The van der Waals surface area contributed by atoms with Crippen LogP contribution in [0.15, 0.2) is 46.9 Å². The molecule has 0 aromatic heterocycles. The highest BCUT2D eigenvalue weighted by atomic mass is 79.9. The SMILES string of the molecule is Cc1ccc(N(C)Cc2cccc(Br)c2)c(CCN)c1. The van der Waals surface area contributed by atoms with Crippen molar-refractivity contribution in [2.24, 2.45) is 5.73 Å². The van der Waals surface area contributed by atoms with Gasteiger partial charge in [-0.25, -0.2) is 0 Å². The molecule has 0 saturated heterocycles. The van der Waals surface area contributed by atoms with E-state index in [0.29, 0.717) is 6.54 Å². The van der Waals surface area contributed by atoms with Gasteiger partial charge in [-0.1, -0.05) is 45.8 Å². The van der Waals surface area contributed by atoms with Gasteiger partial charge in [0.1, 0.15) is 0 Å². The first kappa shape index (κ1) is 15.1. The molecule has 0 bridgehead atoms. The minimum atomic E-state index is 0.682. The Morgan fingerprint density at radius 1 is 1.15 bits per heavy atom. The summed E-state index contributed by atoms with van der Waals surface area (Å²) in [6, 6.07) is 15.0. The summed E-state index contributed by atoms with van der Waals surface area (Å²) in [7, 11) is 2.13. The fourth-order valence-corrected chi connectivity index (χ4v) is 2.88. The Morgan fingerprint density at radius 2 is 1.95 bits per heavy atom. The van der Waals surface area contributed by atoms with E-state index in [1.54, 1.807) is 0 Å². The average Bonchev–Trinajstić information content (AvgIpc) is 2.39. The smallest absolute Gasteiger partial charge is 0.0426 e. The predicted octanol–water partition coefficient (Wildman–Crippen LogP) is 3.90. The first-order chi connectivity index (χ1) is 9.60. The van der Waals surface area contributed by atoms with E-state index in [1.807, 2.05) is 0 Å². The normalized spacial score (nSPS) is 10.6. The third-order valence-corrected chi connectivity index (χ3v) is 3.86. The average molecular weight is 333 g/mol. The van der Waals surface area contributed by atoms with Gasteiger partial charge in [0.25, 0.3) is 0 Å². The second-order valence-electron chi connectivity index (χ2n) is 5.16. The number of hydrogen-bond acceptors (Lipinski definition) is 2. The molecule has 0 heterocycles. The van der Waals surface area contributed by atoms with E-state index in [9.17, 15) is 0 Å². The number of anilines is 1. The van der Waals surface area contributed by atoms with Crippen molar-refractivity contribution in [3.05, 3.63) is 63.6 Å². The van der Waals surface area contributed by atoms with Gasteiger partial charge in [0, 0.05) is 23.8 Å². The van der Waals surface area contributed by atoms with Crippen LogP contribution >= 0.6 is 15.9 Å². The number of benzene rings is 2. The number of halogens is 1. The number of hydrogen-bond donors (Lipinski definition) is 1. The molecule has 106 valence electrons. The van der Waals surface area contributed by atoms with Gasteiger partial charge in [0.05, 0.1) is 0 Å². The molecule has 2 nitrogen and oxygen atoms in total. The zero-order valence-corrected chi connectivity index (χ0v) is 13.7. The Balaban J connectivity index is 2.22. The van der Waals surface area contributed by atoms with Crippen LogP contribution in [0.5, 0.6) is 0 Å². The molecule has 2 N–H and O–H groups in total. The fourth-order valence-electron chi connectivity index (χ4n) is 2.44. The minimum Gasteiger partial charge on any atom is -0.370 e. The van der Waals surface area contributed by atoms with E-state index in [2.05, 4.69) is 77.3 Å². The van der Waals surface area contributed by atoms with Crippen molar-refractivity contribution in [2.75, 3.05) is 18.5 Å². The van der Waals surface area contributed by atoms with Gasteiger partial charge >= 0.3 is 0 Å². The Hall–Kier alpha value is -1.32. The van der Waals surface area contributed by atoms with Crippen molar-refractivity contribution >= 4 is 21.6 Å². The molecule has 20 heavy (non-hydrogen) atoms. The molecule has 2 aromatic carbocycles. The third kappa shape index (κ3) is 3.84. The van der Waals surface area contributed by atoms with Gasteiger partial charge in [-0.3, -0.25) is 0 Å². The monoisotopic (exact) mass is 332 g/mol. The number of aryl methyl sites for hydroxylation is 1. The maximum absolute atomic E-state index is 5.73. The van der Waals surface area contributed by atoms with Crippen LogP contribution in [0, 0.1) is 6.92 Å². The molecule has 3 heteroatoms. The molecule has 0 aliphatic heterocycles. The summed E-state index contributed by atoms with van der Waals surface area (Å²) < 4.78 is 1.12. The van der Waals surface area contributed by atoms with E-state index >= 15 is 0 Å². The number of nitrogens with two attached hydrogens (primary N) is 1. The van der Waals surface area contributed by atoms with E-state index in [-0.39, 0.29) is 0 Å². The molecule has 0 atom stereocenters. The van der Waals surface area contributed by atoms with Crippen LogP contribution in [0.4, 0.5) is 5.69 Å². The van der Waals surface area contributed by atoms with Crippen LogP contribution in [-0.4, -0.2) is 13.6 Å². The molecule has 0 saturated carbocycles. The largest absolute Gasteiger partial charge is 0.370 e. The molecule has 0 fully saturated rings. The quantitative estimate of drug-likeness (QED) is 0.899. The van der Waals surface area contributed by atoms with Crippen molar-refractivity contribution < 1.29 is 0 Å². The molecule has 0 aliphatic rings. The van der Waals surface area contributed by atoms with Crippen LogP contribution in [0.2, 0.25) is 0 Å². The van der Waals surface area contributed by atoms with Gasteiger partial charge in [0.2, 0.25) is 0 Å². The van der Waals surface area contributed by atoms with Crippen molar-refractivity contribution in [1.82, 2.24) is 0 Å². The Kier molecular flexibility index (Phi) is 5.21. The summed E-state index contributed by atoms with van der Waals surface area (Å²) in [5, 5.41) is 0. The van der Waals surface area contributed by atoms with Crippen LogP contribution in [0.1, 0.15) is 16.7 Å². The van der Waals surface area contributed by atoms with Crippen LogP contribution in [-0.2, 0) is 13.0 Å². The van der Waals surface area contributed by atoms with Crippen LogP contribution in [0.3, 0.4) is 0 Å². The zero-order valence-electron chi connectivity index (χ0n) is 12.1. The third-order valence-electron chi connectivity index (χ3n) is 3.37. The standard InChI is InChI=1S/C17H21BrN2/c1-13-6-7-17(15(10-13)8-9-19)20(2)12-14-4-3-5-16(18)11-14/h3-7,10-11H,8-9,12,19H2,1-2H3. The van der Waals surface area contributed by atoms with Crippen LogP contribution in [0.25, 0.3) is 0 Å². The summed E-state index contributed by atoms with van der Waals surface area (Å²) in [4.78, 5) is 2.28. The molecule has 2 rings (SSSR count). The number of nitrogens with zero attached hydrogens (tertiary/aromatic N) is 1. The summed E-state index contributed by atoms with van der Waals surface area (Å²) in [6.45, 7) is 3.69. The van der Waals surface area contributed by atoms with E-state index in [1.165, 1.54) is 22.4 Å². The summed E-state index contributed by atoms with van der Waals surface area (Å²) in [5.41, 5.74) is 10.9. The fraction of sp³-hybridized carbons (Fsp3) is 0.294. The summed E-state index contributed by atoms with van der Waals surface area (Å²) in [5.74, 6) is 0. The molecular weight excluding hydrogens is 312 g/mol. The first-order valence-electron chi connectivity index (χ1n) is 6.85. The Bertz CT molecular complexity index is 581. The first-order valence-corrected chi connectivity index (χ1v) is 7.64. The van der Waals surface area contributed by atoms with Gasteiger partial charge in [0.15, 0.2) is 0 Å². The predicted molar refractivity (Wildman–Crippen MR) is 90.2 cm³/mol. The number of rotatable bonds is 5. The van der Waals surface area contributed by atoms with Crippen molar-refractivity contribution in [1.29, 1.82) is 0 Å². The van der Waals surface area contributed by atoms with E-state index in [0.717, 1.165) is 17.4 Å². The van der Waals surface area contributed by atoms with Gasteiger partial charge in [-0.2, -0.15) is 0 Å². The van der Waals surface area contributed by atoms with Gasteiger partial charge in [-0.05, 0) is 49.2 Å². The zero-order chi connectivity index (χ0) is 14.5. The lowest BCUT2D eigenvalue weighted by Crippen LogP contribution is -2.19. The van der Waals surface area contributed by atoms with Crippen LogP contribution < -0.4 is 10.6 Å². The van der Waals surface area contributed by atoms with E-state index in [4.69, 9.17) is 5.73 Å². The summed E-state index contributed by atoms with van der Waals surface area (Å²) in [6.07, 6.45) is 0.917. The second-order valence-corrected chi connectivity index (χ2v) is 6.07. The molecule has 0 amide bonds. The van der Waals surface area contributed by atoms with Crippen molar-refractivity contribution in [3.63, 3.8) is 0 Å². The molecule has 0 radical (unpaired) electrons. The molecular formula is C17H21BrN2. The van der Waals surface area contributed by atoms with Crippen molar-refractivity contribution in [3.8, 4) is 0 Å². The molecule has 0 spiro atoms. The maximum Gasteiger partial charge on any atom is 0.0426 e. The van der Waals surface area contributed by atoms with Gasteiger partial charge in [-0.15, -0.1) is 0 Å². The van der Waals surface area contributed by atoms with Gasteiger partial charge < -0.3 is 10.6 Å². The highest BCUT2D eigenvalue weighted by Crippen LogP contribution is 2.23. The van der Waals surface area contributed by atoms with Crippen molar-refractivity contribution in [2.45, 2.75) is 19.9 Å². The lowest BCUT2D eigenvalue weighted by Gasteiger charge is -2.23.